The molecule has 0 aliphatic carbocycles. The minimum absolute atomic E-state index is 0.506. The lowest BCUT2D eigenvalue weighted by Gasteiger charge is -2.10. The number of alkyl halides is 9. The van der Waals surface area contributed by atoms with E-state index in [1.54, 1.807) is 16.3 Å². The van der Waals surface area contributed by atoms with Crippen LogP contribution in [-0.4, -0.2) is 70.7 Å². The van der Waals surface area contributed by atoms with Gasteiger partial charge in [-0.1, -0.05) is 0 Å². The van der Waals surface area contributed by atoms with Gasteiger partial charge in [0.25, 0.3) is 17.7 Å². The molecule has 3 amide bonds. The Bertz CT molecular complexity index is 1280. The molecule has 0 saturated heterocycles. The molecule has 0 aliphatic rings. The Labute approximate surface area is 246 Å². The highest BCUT2D eigenvalue weighted by Crippen LogP contribution is 2.20. The molecule has 0 fully saturated rings. The lowest BCUT2D eigenvalue weighted by Crippen LogP contribution is -2.28. The second kappa shape index (κ2) is 15.1. The fraction of sp³-hybridized carbons (Fsp3) is 0.375. The fourth-order valence-corrected chi connectivity index (χ4v) is 2.77. The van der Waals surface area contributed by atoms with Crippen LogP contribution in [0.1, 0.15) is 71.1 Å². The van der Waals surface area contributed by atoms with Crippen LogP contribution < -0.4 is 16.3 Å². The first-order chi connectivity index (χ1) is 20.4. The van der Waals surface area contributed by atoms with Crippen LogP contribution in [0.15, 0.2) is 33.5 Å². The summed E-state index contributed by atoms with van der Waals surface area (Å²) in [4.78, 5) is 71.1. The first-order valence-electron chi connectivity index (χ1n) is 11.9. The van der Waals surface area contributed by atoms with Gasteiger partial charge in [-0.25, -0.2) is 16.3 Å². The molecular formula is C24H21F9N6O6. The van der Waals surface area contributed by atoms with Crippen LogP contribution in [0.4, 0.5) is 39.5 Å². The summed E-state index contributed by atoms with van der Waals surface area (Å²) in [6.45, 7) is 2.88. The van der Waals surface area contributed by atoms with E-state index in [9.17, 15) is 68.3 Å². The number of hydrogen-bond acceptors (Lipinski definition) is 9. The maximum absolute atomic E-state index is 12.6. The molecule has 0 bridgehead atoms. The van der Waals surface area contributed by atoms with Gasteiger partial charge in [0.2, 0.25) is 17.3 Å². The zero-order valence-electron chi connectivity index (χ0n) is 23.0. The molecule has 246 valence electrons. The zero-order chi connectivity index (χ0) is 34.9. The number of rotatable bonds is 12. The van der Waals surface area contributed by atoms with Crippen LogP contribution in [0.5, 0.6) is 0 Å². The van der Waals surface area contributed by atoms with Crippen LogP contribution in [-0.2, 0) is 14.4 Å². The Morgan fingerprint density at radius 1 is 0.489 bits per heavy atom. The molecule has 0 aromatic heterocycles. The fourth-order valence-electron chi connectivity index (χ4n) is 2.77. The minimum atomic E-state index is -5.19. The van der Waals surface area contributed by atoms with E-state index < -0.39 is 107 Å². The smallest absolute Gasteiger partial charge is 0.289 e. The van der Waals surface area contributed by atoms with Crippen LogP contribution in [0.2, 0.25) is 0 Å². The van der Waals surface area contributed by atoms with E-state index >= 15 is 0 Å². The van der Waals surface area contributed by atoms with E-state index in [1.165, 1.54) is 0 Å². The number of Topliss-reactive ketones (excluding diaryl/α,β-unsaturated/α-hetero) is 3. The van der Waals surface area contributed by atoms with Crippen molar-refractivity contribution in [3.05, 3.63) is 34.9 Å². The molecule has 0 spiro atoms. The van der Waals surface area contributed by atoms with Crippen molar-refractivity contribution in [3.63, 3.8) is 0 Å². The molecule has 12 nitrogen and oxygen atoms in total. The van der Waals surface area contributed by atoms with Crippen molar-refractivity contribution < 1.29 is 68.3 Å². The first-order valence-corrected chi connectivity index (χ1v) is 11.9. The number of nitrogens with zero attached hydrogens (tertiary/aromatic N) is 3. The highest BCUT2D eigenvalue weighted by molar-refractivity contribution is 6.08. The van der Waals surface area contributed by atoms with Gasteiger partial charge in [0.15, 0.2) is 0 Å². The number of benzene rings is 1. The summed E-state index contributed by atoms with van der Waals surface area (Å²) in [5.41, 5.74) is 2.06. The van der Waals surface area contributed by atoms with Crippen LogP contribution in [0, 0.1) is 0 Å². The number of amides is 3. The van der Waals surface area contributed by atoms with Gasteiger partial charge in [-0.3, -0.25) is 28.8 Å². The average molecular weight is 660 g/mol. The largest absolute Gasteiger partial charge is 0.450 e. The van der Waals surface area contributed by atoms with Gasteiger partial charge >= 0.3 is 18.5 Å². The van der Waals surface area contributed by atoms with E-state index in [1.807, 2.05) is 0 Å². The average Bonchev–Trinajstić information content (AvgIpc) is 2.91. The molecule has 0 saturated carbocycles. The molecule has 1 aromatic carbocycles. The molecule has 0 aliphatic heterocycles. The Balaban J connectivity index is 3.34. The molecule has 45 heavy (non-hydrogen) atoms. The van der Waals surface area contributed by atoms with E-state index in [0.717, 1.165) is 39.0 Å². The predicted octanol–water partition coefficient (Wildman–Crippen LogP) is 3.57. The molecule has 1 rings (SSSR count). The van der Waals surface area contributed by atoms with Crippen LogP contribution >= 0.6 is 0 Å². The molecule has 1 aromatic rings. The number of hydrogen-bond donors (Lipinski definition) is 3. The molecule has 0 atom stereocenters. The van der Waals surface area contributed by atoms with Crippen molar-refractivity contribution in [2.24, 2.45) is 15.3 Å². The summed E-state index contributed by atoms with van der Waals surface area (Å²) in [6, 6.07) is 2.32. The van der Waals surface area contributed by atoms with E-state index in [4.69, 9.17) is 0 Å². The monoisotopic (exact) mass is 660 g/mol. The Kier molecular flexibility index (Phi) is 12.8. The number of nitrogens with one attached hydrogen (secondary N) is 3. The zero-order valence-corrected chi connectivity index (χ0v) is 23.0. The topological polar surface area (TPSA) is 176 Å². The summed E-state index contributed by atoms with van der Waals surface area (Å²) >= 11 is 0. The number of carbonyl (C=O) groups excluding carboxylic acids is 6. The van der Waals surface area contributed by atoms with Gasteiger partial charge in [0.05, 0.1) is 19.3 Å². The van der Waals surface area contributed by atoms with Gasteiger partial charge in [-0.2, -0.15) is 54.8 Å². The highest BCUT2D eigenvalue weighted by atomic mass is 19.4. The normalized spacial score (nSPS) is 13.2. The SMILES string of the molecule is C/C(CC(=O)C(F)(F)F)=N/NC(=O)c1cc(C(=O)N/N=C(\C)CC(=O)C(F)(F)F)cc(C(=O)N/N=C(\C)CC(=O)C(F)(F)F)c1. The Morgan fingerprint density at radius 3 is 0.867 bits per heavy atom. The summed E-state index contributed by atoms with van der Waals surface area (Å²) in [7, 11) is 0. The van der Waals surface area contributed by atoms with E-state index in [0.29, 0.717) is 0 Å². The van der Waals surface area contributed by atoms with E-state index in [-0.39, 0.29) is 0 Å². The third kappa shape index (κ3) is 13.0. The number of ketones is 3. The van der Waals surface area contributed by atoms with Crippen molar-refractivity contribution in [2.75, 3.05) is 0 Å². The molecular weight excluding hydrogens is 639 g/mol. The first kappa shape index (κ1) is 38.0. The molecule has 21 heteroatoms. The quantitative estimate of drug-likeness (QED) is 0.176. The summed E-state index contributed by atoms with van der Waals surface area (Å²) in [5, 5.41) is 9.96. The van der Waals surface area contributed by atoms with Crippen LogP contribution in [0.3, 0.4) is 0 Å². The van der Waals surface area contributed by atoms with E-state index in [2.05, 4.69) is 15.3 Å². The Hall–Kier alpha value is -4.98. The van der Waals surface area contributed by atoms with Gasteiger partial charge < -0.3 is 0 Å². The van der Waals surface area contributed by atoms with Crippen molar-refractivity contribution >= 4 is 52.2 Å². The Morgan fingerprint density at radius 2 is 0.689 bits per heavy atom. The van der Waals surface area contributed by atoms with Crippen LogP contribution in [0.25, 0.3) is 0 Å². The van der Waals surface area contributed by atoms with Gasteiger partial charge in [0, 0.05) is 33.8 Å². The van der Waals surface area contributed by atoms with Crippen molar-refractivity contribution in [1.82, 2.24) is 16.3 Å². The van der Waals surface area contributed by atoms with Crippen molar-refractivity contribution in [1.29, 1.82) is 0 Å². The van der Waals surface area contributed by atoms with Gasteiger partial charge in [0.1, 0.15) is 0 Å². The summed E-state index contributed by atoms with van der Waals surface area (Å²) in [5.74, 6) is -10.3. The molecule has 3 N–H and O–H groups in total. The van der Waals surface area contributed by atoms with Crippen molar-refractivity contribution in [2.45, 2.75) is 58.6 Å². The molecule has 0 radical (unpaired) electrons. The lowest BCUT2D eigenvalue weighted by molar-refractivity contribution is -0.169. The maximum Gasteiger partial charge on any atom is 0.450 e. The van der Waals surface area contributed by atoms with Gasteiger partial charge in [-0.05, 0) is 39.0 Å². The number of halogens is 9. The maximum atomic E-state index is 12.6. The van der Waals surface area contributed by atoms with Crippen molar-refractivity contribution in [3.8, 4) is 0 Å². The third-order valence-electron chi connectivity index (χ3n) is 4.96. The van der Waals surface area contributed by atoms with Gasteiger partial charge in [-0.15, -0.1) is 0 Å². The summed E-state index contributed by atoms with van der Waals surface area (Å²) in [6.07, 6.45) is -19.3. The third-order valence-corrected chi connectivity index (χ3v) is 4.96. The summed E-state index contributed by atoms with van der Waals surface area (Å²) < 4.78 is 112. The highest BCUT2D eigenvalue weighted by Gasteiger charge is 2.39. The second-order valence-corrected chi connectivity index (χ2v) is 8.96. The second-order valence-electron chi connectivity index (χ2n) is 8.96. The number of carbonyl (C=O) groups is 6. The minimum Gasteiger partial charge on any atom is -0.289 e. The lowest BCUT2D eigenvalue weighted by atomic mass is 10.0. The number of hydrazone groups is 3. The standard InChI is InChI=1S/C24H21F9N6O6/c1-10(4-16(40)22(25,26)27)34-37-19(43)13-7-14(20(44)38-35-11(2)5-17(41)23(28,29)30)9-15(8-13)21(45)39-36-12(3)6-18(42)24(31,32)33/h7-9H,4-6H2,1-3H3,(H,37,43)(H,38,44)(H,39,45)/b34-10-,35-11+,36-12+. The predicted molar refractivity (Wildman–Crippen MR) is 135 cm³/mol. The molecule has 0 heterocycles. The molecule has 0 unspecified atom stereocenters.